The van der Waals surface area contributed by atoms with Crippen molar-refractivity contribution in [2.45, 2.75) is 13.8 Å². The molecule has 180 valence electrons. The lowest BCUT2D eigenvalue weighted by Gasteiger charge is -2.26. The Balaban J connectivity index is 1.57. The molecule has 0 aliphatic carbocycles. The fourth-order valence-electron chi connectivity index (χ4n) is 3.87. The Labute approximate surface area is 200 Å². The van der Waals surface area contributed by atoms with Crippen molar-refractivity contribution in [1.82, 2.24) is 14.7 Å². The summed E-state index contributed by atoms with van der Waals surface area (Å²) >= 11 is 0. The molecule has 0 N–H and O–H groups in total. The Hall–Kier alpha value is -3.36. The van der Waals surface area contributed by atoms with Gasteiger partial charge in [-0.05, 0) is 37.6 Å². The summed E-state index contributed by atoms with van der Waals surface area (Å²) < 4.78 is 24.1. The Morgan fingerprint density at radius 1 is 1.00 bits per heavy atom. The van der Waals surface area contributed by atoms with Crippen molar-refractivity contribution in [3.63, 3.8) is 0 Å². The van der Waals surface area contributed by atoms with Crippen LogP contribution < -0.4 is 9.47 Å². The fourth-order valence-corrected chi connectivity index (χ4v) is 3.87. The molecular weight excluding hydrogens is 434 g/mol. The number of carbonyl (C=O) groups excluding carboxylic acids is 1. The van der Waals surface area contributed by atoms with Gasteiger partial charge in [0.15, 0.2) is 0 Å². The van der Waals surface area contributed by atoms with E-state index in [1.54, 1.807) is 11.6 Å². The van der Waals surface area contributed by atoms with Gasteiger partial charge in [-0.1, -0.05) is 30.3 Å². The average molecular weight is 466 g/mol. The maximum absolute atomic E-state index is 12.5. The lowest BCUT2D eigenvalue weighted by atomic mass is 10.0. The van der Waals surface area contributed by atoms with E-state index < -0.39 is 5.97 Å². The molecule has 0 bridgehead atoms. The Bertz CT molecular complexity index is 1070. The van der Waals surface area contributed by atoms with Gasteiger partial charge < -0.3 is 18.9 Å². The SMILES string of the molecule is CCOC(=O)c1cnn(-c2ccc(-c3ccccc3OCC)cc2)c1OCCN1CCOCC1. The average Bonchev–Trinajstić information content (AvgIpc) is 3.29. The highest BCUT2D eigenvalue weighted by Gasteiger charge is 2.22. The first-order chi connectivity index (χ1) is 16.7. The van der Waals surface area contributed by atoms with E-state index in [1.807, 2.05) is 55.5 Å². The van der Waals surface area contributed by atoms with Crippen molar-refractivity contribution in [3.8, 4) is 28.4 Å². The summed E-state index contributed by atoms with van der Waals surface area (Å²) in [6.07, 6.45) is 1.50. The van der Waals surface area contributed by atoms with Crippen molar-refractivity contribution in [2.75, 3.05) is 52.7 Å². The first kappa shape index (κ1) is 23.8. The van der Waals surface area contributed by atoms with Crippen molar-refractivity contribution in [2.24, 2.45) is 0 Å². The highest BCUT2D eigenvalue weighted by Crippen LogP contribution is 2.31. The second-order valence-corrected chi connectivity index (χ2v) is 7.77. The van der Waals surface area contributed by atoms with Crippen LogP contribution in [0.3, 0.4) is 0 Å². The van der Waals surface area contributed by atoms with E-state index in [2.05, 4.69) is 10.00 Å². The summed E-state index contributed by atoms with van der Waals surface area (Å²) in [4.78, 5) is 14.8. The zero-order chi connectivity index (χ0) is 23.8. The third-order valence-electron chi connectivity index (χ3n) is 5.58. The molecule has 2 heterocycles. The molecular formula is C26H31N3O5. The number of ether oxygens (including phenoxy) is 4. The predicted octanol–water partition coefficient (Wildman–Crippen LogP) is 3.83. The second-order valence-electron chi connectivity index (χ2n) is 7.77. The Morgan fingerprint density at radius 3 is 2.50 bits per heavy atom. The third kappa shape index (κ3) is 5.58. The van der Waals surface area contributed by atoms with E-state index >= 15 is 0 Å². The molecule has 1 aromatic heterocycles. The predicted molar refractivity (Wildman–Crippen MR) is 129 cm³/mol. The standard InChI is InChI=1S/C26H31N3O5/c1-3-32-24-8-6-5-7-22(24)20-9-11-21(12-10-20)29-25(23(19-27-29)26(30)33-4-2)34-18-15-28-13-16-31-17-14-28/h5-12,19H,3-4,13-18H2,1-2H3. The van der Waals surface area contributed by atoms with Gasteiger partial charge in [-0.2, -0.15) is 5.10 Å². The zero-order valence-electron chi connectivity index (χ0n) is 19.7. The molecule has 34 heavy (non-hydrogen) atoms. The van der Waals surface area contributed by atoms with Crippen LogP contribution in [0.5, 0.6) is 11.6 Å². The lowest BCUT2D eigenvalue weighted by molar-refractivity contribution is 0.0316. The van der Waals surface area contributed by atoms with Crippen LogP contribution in [-0.4, -0.2) is 73.3 Å². The highest BCUT2D eigenvalue weighted by molar-refractivity contribution is 5.92. The first-order valence-corrected chi connectivity index (χ1v) is 11.7. The Morgan fingerprint density at radius 2 is 1.76 bits per heavy atom. The number of hydrogen-bond donors (Lipinski definition) is 0. The molecule has 0 spiro atoms. The summed E-state index contributed by atoms with van der Waals surface area (Å²) in [5.74, 6) is 0.778. The van der Waals surface area contributed by atoms with Gasteiger partial charge in [0, 0.05) is 25.2 Å². The van der Waals surface area contributed by atoms with E-state index in [-0.39, 0.29) is 6.61 Å². The summed E-state index contributed by atoms with van der Waals surface area (Å²) in [7, 11) is 0. The van der Waals surface area contributed by atoms with E-state index in [1.165, 1.54) is 6.20 Å². The van der Waals surface area contributed by atoms with E-state index in [4.69, 9.17) is 18.9 Å². The molecule has 1 aliphatic heterocycles. The van der Waals surface area contributed by atoms with Crippen molar-refractivity contribution in [1.29, 1.82) is 0 Å². The number of para-hydroxylation sites is 1. The molecule has 1 aliphatic rings. The summed E-state index contributed by atoms with van der Waals surface area (Å²) in [6, 6.07) is 15.9. The third-order valence-corrected chi connectivity index (χ3v) is 5.58. The summed E-state index contributed by atoms with van der Waals surface area (Å²) in [5.41, 5.74) is 3.15. The molecule has 3 aromatic rings. The number of esters is 1. The van der Waals surface area contributed by atoms with Gasteiger partial charge in [0.25, 0.3) is 0 Å². The molecule has 2 aromatic carbocycles. The normalized spacial score (nSPS) is 14.1. The minimum atomic E-state index is -0.447. The second kappa shape index (κ2) is 11.7. The van der Waals surface area contributed by atoms with E-state index in [9.17, 15) is 4.79 Å². The molecule has 4 rings (SSSR count). The number of carbonyl (C=O) groups is 1. The molecule has 0 saturated carbocycles. The molecule has 1 fully saturated rings. The number of aromatic nitrogens is 2. The smallest absolute Gasteiger partial charge is 0.345 e. The van der Waals surface area contributed by atoms with Gasteiger partial charge in [0.1, 0.15) is 17.9 Å². The minimum Gasteiger partial charge on any atom is -0.493 e. The van der Waals surface area contributed by atoms with Gasteiger partial charge in [-0.15, -0.1) is 0 Å². The zero-order valence-corrected chi connectivity index (χ0v) is 19.7. The minimum absolute atomic E-state index is 0.283. The molecule has 0 amide bonds. The number of morpholine rings is 1. The van der Waals surface area contributed by atoms with Gasteiger partial charge >= 0.3 is 5.97 Å². The van der Waals surface area contributed by atoms with Crippen molar-refractivity contribution >= 4 is 5.97 Å². The number of nitrogens with zero attached hydrogens (tertiary/aromatic N) is 3. The number of hydrogen-bond acceptors (Lipinski definition) is 7. The van der Waals surface area contributed by atoms with Crippen LogP contribution in [0.1, 0.15) is 24.2 Å². The van der Waals surface area contributed by atoms with Crippen LogP contribution >= 0.6 is 0 Å². The van der Waals surface area contributed by atoms with Crippen LogP contribution in [0.2, 0.25) is 0 Å². The van der Waals surface area contributed by atoms with Crippen molar-refractivity contribution < 1.29 is 23.7 Å². The van der Waals surface area contributed by atoms with Gasteiger partial charge in [-0.25, -0.2) is 9.48 Å². The van der Waals surface area contributed by atoms with Crippen LogP contribution in [0.25, 0.3) is 16.8 Å². The van der Waals surface area contributed by atoms with Crippen LogP contribution in [0.15, 0.2) is 54.7 Å². The number of benzene rings is 2. The first-order valence-electron chi connectivity index (χ1n) is 11.7. The monoisotopic (exact) mass is 465 g/mol. The van der Waals surface area contributed by atoms with E-state index in [0.717, 1.165) is 55.4 Å². The van der Waals surface area contributed by atoms with Crippen LogP contribution in [0, 0.1) is 0 Å². The number of rotatable bonds is 10. The molecule has 0 unspecified atom stereocenters. The Kier molecular flexibility index (Phi) is 8.17. The topological polar surface area (TPSA) is 75.0 Å². The summed E-state index contributed by atoms with van der Waals surface area (Å²) in [6.45, 7) is 9.00. The van der Waals surface area contributed by atoms with Crippen LogP contribution in [-0.2, 0) is 9.47 Å². The van der Waals surface area contributed by atoms with E-state index in [0.29, 0.717) is 24.7 Å². The summed E-state index contributed by atoms with van der Waals surface area (Å²) in [5, 5.41) is 4.44. The molecule has 0 atom stereocenters. The maximum Gasteiger partial charge on any atom is 0.345 e. The van der Waals surface area contributed by atoms with Crippen molar-refractivity contribution in [3.05, 3.63) is 60.3 Å². The highest BCUT2D eigenvalue weighted by atomic mass is 16.5. The van der Waals surface area contributed by atoms with Gasteiger partial charge in [0.05, 0.1) is 38.3 Å². The van der Waals surface area contributed by atoms with Crippen LogP contribution in [0.4, 0.5) is 0 Å². The van der Waals surface area contributed by atoms with Gasteiger partial charge in [0.2, 0.25) is 5.88 Å². The molecule has 8 nitrogen and oxygen atoms in total. The van der Waals surface area contributed by atoms with Gasteiger partial charge in [-0.3, -0.25) is 4.90 Å². The largest absolute Gasteiger partial charge is 0.493 e. The fraction of sp³-hybridized carbons (Fsp3) is 0.385. The quantitative estimate of drug-likeness (QED) is 0.421. The lowest BCUT2D eigenvalue weighted by Crippen LogP contribution is -2.38. The molecule has 1 saturated heterocycles. The maximum atomic E-state index is 12.5. The molecule has 0 radical (unpaired) electrons. The molecule has 8 heteroatoms.